The van der Waals surface area contributed by atoms with E-state index < -0.39 is 0 Å². The highest BCUT2D eigenvalue weighted by atomic mass is 16.5. The summed E-state index contributed by atoms with van der Waals surface area (Å²) < 4.78 is 11.4. The van der Waals surface area contributed by atoms with E-state index in [4.69, 9.17) is 18.7 Å². The molecule has 2 aliphatic heterocycles. The van der Waals surface area contributed by atoms with Crippen LogP contribution in [0.3, 0.4) is 0 Å². The minimum Gasteiger partial charge on any atom is -0.460 e. The molecule has 120 valence electrons. The molecule has 0 N–H and O–H groups in total. The highest BCUT2D eigenvalue weighted by Gasteiger charge is 2.43. The van der Waals surface area contributed by atoms with Gasteiger partial charge in [0.05, 0.1) is 6.20 Å². The summed E-state index contributed by atoms with van der Waals surface area (Å²) in [5.74, 6) is 0. The molecule has 4 heterocycles. The lowest BCUT2D eigenvalue weighted by Gasteiger charge is -2.37. The van der Waals surface area contributed by atoms with Crippen molar-refractivity contribution in [2.75, 3.05) is 4.90 Å². The van der Waals surface area contributed by atoms with Crippen molar-refractivity contribution in [1.29, 1.82) is 0 Å². The first-order valence-electron chi connectivity index (χ1n) is 7.42. The zero-order chi connectivity index (χ0) is 16.1. The quantitative estimate of drug-likeness (QED) is 0.839. The molecule has 0 radical (unpaired) electrons. The number of ether oxygens (including phenoxy) is 1. The summed E-state index contributed by atoms with van der Waals surface area (Å²) in [6, 6.07) is 3.90. The molecule has 2 aromatic rings. The van der Waals surface area contributed by atoms with Crippen molar-refractivity contribution in [2.45, 2.75) is 43.9 Å². The van der Waals surface area contributed by atoms with Crippen molar-refractivity contribution >= 4 is 12.2 Å². The summed E-state index contributed by atoms with van der Waals surface area (Å²) >= 11 is 0. The van der Waals surface area contributed by atoms with E-state index in [-0.39, 0.29) is 12.3 Å². The fraction of sp³-hybridized carbons (Fsp3) is 0.467. The molecule has 8 nitrogen and oxygen atoms in total. The van der Waals surface area contributed by atoms with Crippen LogP contribution in [0, 0.1) is 0 Å². The Labute approximate surface area is 132 Å². The zero-order valence-electron chi connectivity index (χ0n) is 12.4. The Morgan fingerprint density at radius 1 is 1.09 bits per heavy atom. The van der Waals surface area contributed by atoms with Crippen LogP contribution in [0.5, 0.6) is 6.01 Å². The van der Waals surface area contributed by atoms with Gasteiger partial charge < -0.3 is 14.1 Å². The second-order valence-electron chi connectivity index (χ2n) is 5.43. The molecular formula is C15H16N4O4. The number of fused-ring (bicyclic) bond motifs is 2. The molecule has 2 aliphatic rings. The van der Waals surface area contributed by atoms with Gasteiger partial charge in [0.15, 0.2) is 0 Å². The third-order valence-corrected chi connectivity index (χ3v) is 4.14. The SMILES string of the molecule is O=C=O.c1cnc(OC2C[C@H]3CC[C@@H](C2)N3c2ncco2)nc1. The third kappa shape index (κ3) is 3.37. The molecule has 2 bridgehead atoms. The van der Waals surface area contributed by atoms with Gasteiger partial charge in [-0.15, -0.1) is 0 Å². The maximum atomic E-state index is 8.12. The fourth-order valence-electron chi connectivity index (χ4n) is 3.37. The minimum absolute atomic E-state index is 0.182. The van der Waals surface area contributed by atoms with E-state index in [1.165, 1.54) is 12.8 Å². The summed E-state index contributed by atoms with van der Waals surface area (Å²) in [6.45, 7) is 0. The van der Waals surface area contributed by atoms with Crippen LogP contribution < -0.4 is 9.64 Å². The first-order valence-corrected chi connectivity index (χ1v) is 7.42. The number of oxazole rings is 1. The highest BCUT2D eigenvalue weighted by molar-refractivity contribution is 5.34. The van der Waals surface area contributed by atoms with E-state index in [0.29, 0.717) is 18.1 Å². The number of aromatic nitrogens is 3. The van der Waals surface area contributed by atoms with Crippen molar-refractivity contribution in [3.63, 3.8) is 0 Å². The largest absolute Gasteiger partial charge is 0.460 e. The second kappa shape index (κ2) is 7.02. The topological polar surface area (TPSA) is 98.4 Å². The van der Waals surface area contributed by atoms with Gasteiger partial charge >= 0.3 is 12.2 Å². The van der Waals surface area contributed by atoms with Crippen LogP contribution >= 0.6 is 0 Å². The predicted octanol–water partition coefficient (Wildman–Crippen LogP) is 1.46. The fourth-order valence-corrected chi connectivity index (χ4v) is 3.37. The maximum absolute atomic E-state index is 8.12. The summed E-state index contributed by atoms with van der Waals surface area (Å²) in [5, 5.41) is 0. The summed E-state index contributed by atoms with van der Waals surface area (Å²) in [6.07, 6.45) is 11.5. The molecule has 3 atom stereocenters. The molecule has 2 fully saturated rings. The minimum atomic E-state index is 0.182. The molecule has 0 amide bonds. The number of hydrogen-bond acceptors (Lipinski definition) is 8. The van der Waals surface area contributed by atoms with Crippen molar-refractivity contribution < 1.29 is 18.7 Å². The molecule has 8 heteroatoms. The monoisotopic (exact) mass is 316 g/mol. The lowest BCUT2D eigenvalue weighted by atomic mass is 10.0. The van der Waals surface area contributed by atoms with Crippen molar-refractivity contribution in [2.24, 2.45) is 0 Å². The summed E-state index contributed by atoms with van der Waals surface area (Å²) in [7, 11) is 0. The number of carbonyl (C=O) groups excluding carboxylic acids is 2. The van der Waals surface area contributed by atoms with Crippen LogP contribution in [0.2, 0.25) is 0 Å². The van der Waals surface area contributed by atoms with E-state index >= 15 is 0 Å². The summed E-state index contributed by atoms with van der Waals surface area (Å²) in [4.78, 5) is 31.1. The van der Waals surface area contributed by atoms with E-state index in [1.807, 2.05) is 0 Å². The third-order valence-electron chi connectivity index (χ3n) is 4.14. The Morgan fingerprint density at radius 3 is 2.30 bits per heavy atom. The maximum Gasteiger partial charge on any atom is 0.373 e. The molecule has 1 unspecified atom stereocenters. The molecule has 0 aliphatic carbocycles. The molecule has 2 aromatic heterocycles. The Morgan fingerprint density at radius 2 is 1.74 bits per heavy atom. The van der Waals surface area contributed by atoms with Crippen molar-refractivity contribution in [3.05, 3.63) is 30.9 Å². The highest BCUT2D eigenvalue weighted by Crippen LogP contribution is 2.39. The average molecular weight is 316 g/mol. The molecule has 0 saturated carbocycles. The number of piperidine rings is 1. The zero-order valence-corrected chi connectivity index (χ0v) is 12.4. The molecule has 0 aromatic carbocycles. The Hall–Kier alpha value is -2.73. The van der Waals surface area contributed by atoms with Gasteiger partial charge in [-0.05, 0) is 18.9 Å². The van der Waals surface area contributed by atoms with Gasteiger partial charge in [0.25, 0.3) is 6.01 Å². The molecular weight excluding hydrogens is 300 g/mol. The number of hydrogen-bond donors (Lipinski definition) is 0. The van der Waals surface area contributed by atoms with Gasteiger partial charge in [-0.1, -0.05) is 0 Å². The lowest BCUT2D eigenvalue weighted by Crippen LogP contribution is -2.46. The van der Waals surface area contributed by atoms with Crippen molar-refractivity contribution in [3.8, 4) is 6.01 Å². The van der Waals surface area contributed by atoms with E-state index in [2.05, 4.69) is 19.9 Å². The molecule has 23 heavy (non-hydrogen) atoms. The van der Waals surface area contributed by atoms with Gasteiger partial charge in [-0.25, -0.2) is 15.0 Å². The van der Waals surface area contributed by atoms with Crippen LogP contribution in [0.15, 0.2) is 35.3 Å². The molecule has 0 spiro atoms. The average Bonchev–Trinajstić information content (AvgIpc) is 3.15. The van der Waals surface area contributed by atoms with Gasteiger partial charge in [-0.2, -0.15) is 9.59 Å². The van der Waals surface area contributed by atoms with Crippen LogP contribution in [0.4, 0.5) is 6.01 Å². The first kappa shape index (κ1) is 15.2. The van der Waals surface area contributed by atoms with E-state index in [0.717, 1.165) is 18.9 Å². The molecule has 2 saturated heterocycles. The normalized spacial score (nSPS) is 25.2. The van der Waals surface area contributed by atoms with E-state index in [9.17, 15) is 0 Å². The number of nitrogens with zero attached hydrogens (tertiary/aromatic N) is 4. The van der Waals surface area contributed by atoms with Crippen LogP contribution in [0.25, 0.3) is 0 Å². The lowest BCUT2D eigenvalue weighted by molar-refractivity contribution is -0.191. The predicted molar refractivity (Wildman–Crippen MR) is 76.5 cm³/mol. The number of anilines is 1. The Balaban J connectivity index is 0.000000485. The van der Waals surface area contributed by atoms with E-state index in [1.54, 1.807) is 30.9 Å². The first-order chi connectivity index (χ1) is 11.3. The van der Waals surface area contributed by atoms with Gasteiger partial charge in [0.1, 0.15) is 12.4 Å². The Kier molecular flexibility index (Phi) is 4.63. The van der Waals surface area contributed by atoms with Gasteiger partial charge in [-0.3, -0.25) is 0 Å². The number of rotatable bonds is 3. The molecule has 4 rings (SSSR count). The van der Waals surface area contributed by atoms with Crippen LogP contribution in [-0.4, -0.2) is 39.3 Å². The second-order valence-corrected chi connectivity index (χ2v) is 5.43. The smallest absolute Gasteiger partial charge is 0.373 e. The van der Waals surface area contributed by atoms with Crippen LogP contribution in [-0.2, 0) is 9.59 Å². The van der Waals surface area contributed by atoms with Crippen LogP contribution in [0.1, 0.15) is 25.7 Å². The van der Waals surface area contributed by atoms with Crippen molar-refractivity contribution in [1.82, 2.24) is 15.0 Å². The summed E-state index contributed by atoms with van der Waals surface area (Å²) in [5.41, 5.74) is 0. The Bertz CT molecular complexity index is 629. The van der Waals surface area contributed by atoms with Gasteiger partial charge in [0, 0.05) is 37.3 Å². The van der Waals surface area contributed by atoms with Gasteiger partial charge in [0.2, 0.25) is 0 Å². The standard InChI is InChI=1S/C14H16N4O2.CO2/c1-4-15-13(16-5-1)20-12-8-10-2-3-11(9-12)18(10)14-17-6-7-19-14;2-1-3/h1,4-7,10-12H,2-3,8-9H2;/t10-,11+,12?;.